The highest BCUT2D eigenvalue weighted by atomic mass is 16.3. The molecule has 1 aromatic rings. The Labute approximate surface area is 92.1 Å². The highest BCUT2D eigenvalue weighted by Gasteiger charge is 1.96. The monoisotopic (exact) mass is 202 g/mol. The maximum Gasteiger partial charge on any atom is 0.118 e. The van der Waals surface area contributed by atoms with Gasteiger partial charge < -0.3 is 5.11 Å². The molecule has 80 valence electrons. The van der Waals surface area contributed by atoms with Crippen LogP contribution in [0.2, 0.25) is 0 Å². The quantitative estimate of drug-likeness (QED) is 0.744. The lowest BCUT2D eigenvalue weighted by atomic mass is 10.1. The number of rotatable bonds is 3. The van der Waals surface area contributed by atoms with Crippen molar-refractivity contribution in [3.8, 4) is 17.6 Å². The number of hydrogen-bond donors (Lipinski definition) is 1. The van der Waals surface area contributed by atoms with E-state index >= 15 is 0 Å². The van der Waals surface area contributed by atoms with E-state index in [1.807, 2.05) is 19.1 Å². The molecule has 0 aliphatic carbocycles. The maximum atomic E-state index is 9.36. The number of phenolic OH excluding ortho intramolecular Hbond substituents is 1. The van der Waals surface area contributed by atoms with Gasteiger partial charge >= 0.3 is 0 Å². The molecule has 1 heteroatoms. The molecule has 0 aliphatic rings. The van der Waals surface area contributed by atoms with E-state index in [1.165, 1.54) is 5.56 Å². The van der Waals surface area contributed by atoms with Crippen LogP contribution in [0.3, 0.4) is 0 Å². The molecule has 0 bridgehead atoms. The Morgan fingerprint density at radius 3 is 2.60 bits per heavy atom. The number of aromatic hydroxyl groups is 1. The molecule has 0 fully saturated rings. The summed E-state index contributed by atoms with van der Waals surface area (Å²) >= 11 is 0. The van der Waals surface area contributed by atoms with Crippen LogP contribution in [-0.2, 0) is 6.42 Å². The van der Waals surface area contributed by atoms with Crippen LogP contribution in [0.1, 0.15) is 37.3 Å². The highest BCUT2D eigenvalue weighted by Crippen LogP contribution is 2.17. The summed E-state index contributed by atoms with van der Waals surface area (Å²) in [5.74, 6) is 6.66. The van der Waals surface area contributed by atoms with E-state index in [2.05, 4.69) is 18.8 Å². The van der Waals surface area contributed by atoms with Crippen molar-refractivity contribution in [3.63, 3.8) is 0 Å². The summed E-state index contributed by atoms with van der Waals surface area (Å²) in [5.41, 5.74) is 2.19. The second-order valence-corrected chi connectivity index (χ2v) is 3.72. The predicted octanol–water partition coefficient (Wildman–Crippen LogP) is 3.44. The Balaban J connectivity index is 2.45. The standard InChI is InChI=1S/C14H18O/c1-3-4-5-6-7-8-13-9-10-14(15)12(2)11-13/h9-11,15H,3-4,7-8H2,1-2H3. The van der Waals surface area contributed by atoms with Gasteiger partial charge in [-0.15, -0.1) is 11.8 Å². The van der Waals surface area contributed by atoms with E-state index in [0.717, 1.165) is 31.2 Å². The molecule has 0 aliphatic heterocycles. The third kappa shape index (κ3) is 4.08. The Kier molecular flexibility index (Phi) is 4.77. The Morgan fingerprint density at radius 1 is 1.20 bits per heavy atom. The molecule has 0 amide bonds. The molecule has 0 radical (unpaired) electrons. The van der Waals surface area contributed by atoms with Gasteiger partial charge in [0.2, 0.25) is 0 Å². The first kappa shape index (κ1) is 11.7. The first-order valence-corrected chi connectivity index (χ1v) is 5.48. The zero-order valence-electron chi connectivity index (χ0n) is 9.51. The third-order valence-corrected chi connectivity index (χ3v) is 2.30. The zero-order valence-corrected chi connectivity index (χ0v) is 9.51. The average molecular weight is 202 g/mol. The highest BCUT2D eigenvalue weighted by molar-refractivity contribution is 5.35. The van der Waals surface area contributed by atoms with Crippen molar-refractivity contribution in [1.82, 2.24) is 0 Å². The fraction of sp³-hybridized carbons (Fsp3) is 0.429. The summed E-state index contributed by atoms with van der Waals surface area (Å²) in [6, 6.07) is 5.74. The van der Waals surface area contributed by atoms with Gasteiger partial charge in [-0.25, -0.2) is 0 Å². The minimum atomic E-state index is 0.371. The molecule has 1 rings (SSSR count). The van der Waals surface area contributed by atoms with E-state index in [9.17, 15) is 5.11 Å². The third-order valence-electron chi connectivity index (χ3n) is 2.30. The van der Waals surface area contributed by atoms with Crippen molar-refractivity contribution in [1.29, 1.82) is 0 Å². The van der Waals surface area contributed by atoms with Gasteiger partial charge in [0.25, 0.3) is 0 Å². The van der Waals surface area contributed by atoms with Crippen molar-refractivity contribution in [3.05, 3.63) is 29.3 Å². The van der Waals surface area contributed by atoms with E-state index in [0.29, 0.717) is 5.75 Å². The smallest absolute Gasteiger partial charge is 0.118 e. The molecule has 0 atom stereocenters. The molecular formula is C14H18O. The van der Waals surface area contributed by atoms with Crippen molar-refractivity contribution < 1.29 is 5.11 Å². The van der Waals surface area contributed by atoms with Gasteiger partial charge in [0.05, 0.1) is 0 Å². The summed E-state index contributed by atoms with van der Waals surface area (Å²) in [7, 11) is 0. The number of hydrogen-bond acceptors (Lipinski definition) is 1. The summed E-state index contributed by atoms with van der Waals surface area (Å²) in [4.78, 5) is 0. The van der Waals surface area contributed by atoms with Gasteiger partial charge in [0.1, 0.15) is 5.75 Å². The van der Waals surface area contributed by atoms with Crippen molar-refractivity contribution >= 4 is 0 Å². The molecule has 0 aromatic heterocycles. The van der Waals surface area contributed by atoms with Crippen LogP contribution in [0.5, 0.6) is 5.75 Å². The van der Waals surface area contributed by atoms with E-state index < -0.39 is 0 Å². The zero-order chi connectivity index (χ0) is 11.1. The van der Waals surface area contributed by atoms with Gasteiger partial charge in [-0.3, -0.25) is 0 Å². The fourth-order valence-electron chi connectivity index (χ4n) is 1.38. The molecule has 0 saturated heterocycles. The van der Waals surface area contributed by atoms with Crippen LogP contribution in [0.25, 0.3) is 0 Å². The minimum absolute atomic E-state index is 0.371. The Morgan fingerprint density at radius 2 is 1.93 bits per heavy atom. The molecule has 1 aromatic carbocycles. The SMILES string of the molecule is CCCC#CCCc1ccc(O)c(C)c1. The van der Waals surface area contributed by atoms with Crippen molar-refractivity contribution in [2.45, 2.75) is 39.5 Å². The topological polar surface area (TPSA) is 20.2 Å². The van der Waals surface area contributed by atoms with Crippen LogP contribution >= 0.6 is 0 Å². The number of unbranched alkanes of at least 4 members (excludes halogenated alkanes) is 1. The molecule has 1 nitrogen and oxygen atoms in total. The average Bonchev–Trinajstić information content (AvgIpc) is 2.23. The van der Waals surface area contributed by atoms with Gasteiger partial charge in [-0.2, -0.15) is 0 Å². The molecule has 1 N–H and O–H groups in total. The van der Waals surface area contributed by atoms with Crippen LogP contribution in [0.15, 0.2) is 18.2 Å². The van der Waals surface area contributed by atoms with Crippen LogP contribution < -0.4 is 0 Å². The number of aryl methyl sites for hydroxylation is 2. The van der Waals surface area contributed by atoms with Crippen LogP contribution in [0, 0.1) is 18.8 Å². The second kappa shape index (κ2) is 6.14. The van der Waals surface area contributed by atoms with Crippen LogP contribution in [0.4, 0.5) is 0 Å². The second-order valence-electron chi connectivity index (χ2n) is 3.72. The maximum absolute atomic E-state index is 9.36. The number of phenols is 1. The molecule has 0 heterocycles. The van der Waals surface area contributed by atoms with Gasteiger partial charge in [0.15, 0.2) is 0 Å². The normalized spacial score (nSPS) is 9.47. The lowest BCUT2D eigenvalue weighted by Crippen LogP contribution is -1.85. The summed E-state index contributed by atoms with van der Waals surface area (Å²) < 4.78 is 0. The Bertz CT molecular complexity index is 369. The predicted molar refractivity (Wildman–Crippen MR) is 63.8 cm³/mol. The van der Waals surface area contributed by atoms with Gasteiger partial charge in [-0.05, 0) is 37.0 Å². The summed E-state index contributed by atoms with van der Waals surface area (Å²) in [6.07, 6.45) is 4.00. The summed E-state index contributed by atoms with van der Waals surface area (Å²) in [5, 5.41) is 9.36. The molecule has 0 spiro atoms. The van der Waals surface area contributed by atoms with E-state index in [-0.39, 0.29) is 0 Å². The minimum Gasteiger partial charge on any atom is -0.508 e. The van der Waals surface area contributed by atoms with Crippen LogP contribution in [-0.4, -0.2) is 5.11 Å². The summed E-state index contributed by atoms with van der Waals surface area (Å²) in [6.45, 7) is 4.06. The van der Waals surface area contributed by atoms with E-state index in [1.54, 1.807) is 6.07 Å². The lowest BCUT2D eigenvalue weighted by Gasteiger charge is -2.01. The first-order chi connectivity index (χ1) is 7.24. The van der Waals surface area contributed by atoms with Gasteiger partial charge in [-0.1, -0.05) is 19.1 Å². The van der Waals surface area contributed by atoms with Crippen molar-refractivity contribution in [2.24, 2.45) is 0 Å². The molecule has 15 heavy (non-hydrogen) atoms. The molecular weight excluding hydrogens is 184 g/mol. The lowest BCUT2D eigenvalue weighted by molar-refractivity contribution is 0.471. The fourth-order valence-corrected chi connectivity index (χ4v) is 1.38. The Hall–Kier alpha value is -1.42. The molecule has 0 saturated carbocycles. The van der Waals surface area contributed by atoms with Crippen molar-refractivity contribution in [2.75, 3.05) is 0 Å². The van der Waals surface area contributed by atoms with E-state index in [4.69, 9.17) is 0 Å². The molecule has 0 unspecified atom stereocenters. The number of benzene rings is 1. The van der Waals surface area contributed by atoms with Gasteiger partial charge in [0, 0.05) is 12.8 Å². The first-order valence-electron chi connectivity index (χ1n) is 5.48. The largest absolute Gasteiger partial charge is 0.508 e.